The number of thiophene rings is 1. The molecule has 98 valence electrons. The van der Waals surface area contributed by atoms with Gasteiger partial charge in [-0.15, -0.1) is 11.3 Å². The molecular weight excluding hydrogens is 256 g/mol. The molecule has 0 saturated heterocycles. The van der Waals surface area contributed by atoms with E-state index in [4.69, 9.17) is 5.11 Å². The topological polar surface area (TPSA) is 37.3 Å². The van der Waals surface area contributed by atoms with Crippen molar-refractivity contribution >= 4 is 23.4 Å². The first-order chi connectivity index (χ1) is 9.24. The monoisotopic (exact) mass is 272 g/mol. The molecule has 1 aromatic heterocycles. The number of hydrogen-bond acceptors (Lipinski definition) is 2. The van der Waals surface area contributed by atoms with Gasteiger partial charge in [0.1, 0.15) is 0 Å². The summed E-state index contributed by atoms with van der Waals surface area (Å²) in [5.41, 5.74) is 1.31. The highest BCUT2D eigenvalue weighted by molar-refractivity contribution is 7.12. The van der Waals surface area contributed by atoms with Gasteiger partial charge >= 0.3 is 5.97 Å². The third-order valence-electron chi connectivity index (χ3n) is 2.71. The first-order valence-corrected chi connectivity index (χ1v) is 7.06. The van der Waals surface area contributed by atoms with Crippen molar-refractivity contribution < 1.29 is 9.90 Å². The molecule has 19 heavy (non-hydrogen) atoms. The van der Waals surface area contributed by atoms with E-state index in [1.807, 2.05) is 18.2 Å². The molecular formula is C16H16O2S. The SMILES string of the molecule is O=C(O)CCC=Cc1ccc(Cc2ccccc2)s1. The Morgan fingerprint density at radius 2 is 1.95 bits per heavy atom. The van der Waals surface area contributed by atoms with Crippen LogP contribution >= 0.6 is 11.3 Å². The number of allylic oxidation sites excluding steroid dienone is 1. The summed E-state index contributed by atoms with van der Waals surface area (Å²) in [6.07, 6.45) is 5.66. The molecule has 1 aromatic carbocycles. The lowest BCUT2D eigenvalue weighted by Crippen LogP contribution is -1.91. The fraction of sp³-hybridized carbons (Fsp3) is 0.188. The number of carboxylic acids is 1. The smallest absolute Gasteiger partial charge is 0.303 e. The van der Waals surface area contributed by atoms with E-state index in [9.17, 15) is 4.79 Å². The molecule has 0 aliphatic rings. The highest BCUT2D eigenvalue weighted by Gasteiger charge is 1.99. The summed E-state index contributed by atoms with van der Waals surface area (Å²) in [5, 5.41) is 8.55. The summed E-state index contributed by atoms with van der Waals surface area (Å²) in [6.45, 7) is 0. The van der Waals surface area contributed by atoms with Gasteiger partial charge in [0.25, 0.3) is 0 Å². The molecule has 0 aliphatic heterocycles. The lowest BCUT2D eigenvalue weighted by Gasteiger charge is -1.96. The van der Waals surface area contributed by atoms with Gasteiger partial charge in [-0.2, -0.15) is 0 Å². The molecule has 2 rings (SSSR count). The lowest BCUT2D eigenvalue weighted by molar-refractivity contribution is -0.136. The van der Waals surface area contributed by atoms with Gasteiger partial charge in [-0.05, 0) is 30.2 Å². The van der Waals surface area contributed by atoms with Gasteiger partial charge in [0.15, 0.2) is 0 Å². The first-order valence-electron chi connectivity index (χ1n) is 6.25. The number of carboxylic acid groups (broad SMARTS) is 1. The molecule has 0 unspecified atom stereocenters. The van der Waals surface area contributed by atoms with Gasteiger partial charge in [-0.3, -0.25) is 4.79 Å². The minimum Gasteiger partial charge on any atom is -0.481 e. The van der Waals surface area contributed by atoms with Crippen LogP contribution in [0.2, 0.25) is 0 Å². The molecule has 0 bridgehead atoms. The fourth-order valence-corrected chi connectivity index (χ4v) is 2.76. The molecule has 1 N–H and O–H groups in total. The Bertz CT molecular complexity index is 555. The highest BCUT2D eigenvalue weighted by Crippen LogP contribution is 2.21. The molecule has 2 aromatic rings. The third kappa shape index (κ3) is 4.72. The van der Waals surface area contributed by atoms with E-state index < -0.39 is 5.97 Å². The van der Waals surface area contributed by atoms with Gasteiger partial charge in [0, 0.05) is 22.6 Å². The zero-order chi connectivity index (χ0) is 13.5. The van der Waals surface area contributed by atoms with Crippen LogP contribution in [-0.2, 0) is 11.2 Å². The summed E-state index contributed by atoms with van der Waals surface area (Å²) in [6, 6.07) is 14.6. The lowest BCUT2D eigenvalue weighted by atomic mass is 10.1. The Hall–Kier alpha value is -1.87. The van der Waals surface area contributed by atoms with Gasteiger partial charge in [0.2, 0.25) is 0 Å². The van der Waals surface area contributed by atoms with Crippen molar-refractivity contribution in [1.82, 2.24) is 0 Å². The number of hydrogen-bond donors (Lipinski definition) is 1. The van der Waals surface area contributed by atoms with Crippen molar-refractivity contribution in [3.05, 3.63) is 63.9 Å². The minimum absolute atomic E-state index is 0.193. The van der Waals surface area contributed by atoms with Crippen molar-refractivity contribution in [2.75, 3.05) is 0 Å². The molecule has 0 aliphatic carbocycles. The Morgan fingerprint density at radius 3 is 2.68 bits per heavy atom. The van der Waals surface area contributed by atoms with E-state index in [0.29, 0.717) is 6.42 Å². The molecule has 0 radical (unpaired) electrons. The van der Waals surface area contributed by atoms with E-state index >= 15 is 0 Å². The van der Waals surface area contributed by atoms with Gasteiger partial charge in [0.05, 0.1) is 0 Å². The number of aliphatic carboxylic acids is 1. The Labute approximate surface area is 117 Å². The quantitative estimate of drug-likeness (QED) is 0.855. The predicted molar refractivity (Wildman–Crippen MR) is 79.5 cm³/mol. The fourth-order valence-electron chi connectivity index (χ4n) is 1.78. The largest absolute Gasteiger partial charge is 0.481 e. The molecule has 0 spiro atoms. The van der Waals surface area contributed by atoms with Crippen molar-refractivity contribution in [3.63, 3.8) is 0 Å². The maximum absolute atomic E-state index is 10.4. The summed E-state index contributed by atoms with van der Waals surface area (Å²) >= 11 is 1.75. The van der Waals surface area contributed by atoms with E-state index in [2.05, 4.69) is 36.4 Å². The third-order valence-corrected chi connectivity index (χ3v) is 3.76. The van der Waals surface area contributed by atoms with Crippen molar-refractivity contribution in [1.29, 1.82) is 0 Å². The van der Waals surface area contributed by atoms with E-state index in [-0.39, 0.29) is 6.42 Å². The summed E-state index contributed by atoms with van der Waals surface area (Å²) < 4.78 is 0. The van der Waals surface area contributed by atoms with Crippen LogP contribution in [0.4, 0.5) is 0 Å². The van der Waals surface area contributed by atoms with E-state index in [0.717, 1.165) is 6.42 Å². The second kappa shape index (κ2) is 6.90. The van der Waals surface area contributed by atoms with Crippen molar-refractivity contribution in [2.45, 2.75) is 19.3 Å². The maximum Gasteiger partial charge on any atom is 0.303 e. The van der Waals surface area contributed by atoms with Crippen LogP contribution in [0.25, 0.3) is 6.08 Å². The Kier molecular flexibility index (Phi) is 4.93. The van der Waals surface area contributed by atoms with Crippen LogP contribution in [-0.4, -0.2) is 11.1 Å². The predicted octanol–water partition coefficient (Wildman–Crippen LogP) is 4.22. The number of benzene rings is 1. The Morgan fingerprint density at radius 1 is 1.16 bits per heavy atom. The highest BCUT2D eigenvalue weighted by atomic mass is 32.1. The average Bonchev–Trinajstić information content (AvgIpc) is 2.83. The number of rotatable bonds is 6. The summed E-state index contributed by atoms with van der Waals surface area (Å²) in [7, 11) is 0. The number of carbonyl (C=O) groups is 1. The zero-order valence-electron chi connectivity index (χ0n) is 10.6. The maximum atomic E-state index is 10.4. The second-order valence-corrected chi connectivity index (χ2v) is 5.50. The first kappa shape index (κ1) is 13.6. The van der Waals surface area contributed by atoms with Crippen LogP contribution < -0.4 is 0 Å². The zero-order valence-corrected chi connectivity index (χ0v) is 11.4. The van der Waals surface area contributed by atoms with Gasteiger partial charge < -0.3 is 5.11 Å². The molecule has 0 fully saturated rings. The average molecular weight is 272 g/mol. The van der Waals surface area contributed by atoms with Crippen molar-refractivity contribution in [2.24, 2.45) is 0 Å². The van der Waals surface area contributed by atoms with Gasteiger partial charge in [-0.1, -0.05) is 36.4 Å². The summed E-state index contributed by atoms with van der Waals surface area (Å²) in [4.78, 5) is 12.9. The van der Waals surface area contributed by atoms with Crippen LogP contribution in [0.1, 0.15) is 28.2 Å². The van der Waals surface area contributed by atoms with Crippen molar-refractivity contribution in [3.8, 4) is 0 Å². The standard InChI is InChI=1S/C16H16O2S/c17-16(18)9-5-4-8-14-10-11-15(19-14)12-13-6-2-1-3-7-13/h1-4,6-8,10-11H,5,9,12H2,(H,17,18). The van der Waals surface area contributed by atoms with Gasteiger partial charge in [-0.25, -0.2) is 0 Å². The molecule has 0 saturated carbocycles. The molecule has 0 amide bonds. The normalized spacial score (nSPS) is 10.9. The van der Waals surface area contributed by atoms with Crippen LogP contribution in [0.15, 0.2) is 48.5 Å². The molecule has 0 atom stereocenters. The molecule has 1 heterocycles. The summed E-state index contributed by atoms with van der Waals surface area (Å²) in [5.74, 6) is -0.749. The van der Waals surface area contributed by atoms with Crippen LogP contribution in [0.3, 0.4) is 0 Å². The van der Waals surface area contributed by atoms with E-state index in [1.165, 1.54) is 15.3 Å². The Balaban J connectivity index is 1.90. The molecule has 3 heteroatoms. The van der Waals surface area contributed by atoms with Crippen LogP contribution in [0, 0.1) is 0 Å². The molecule has 2 nitrogen and oxygen atoms in total. The second-order valence-electron chi connectivity index (χ2n) is 4.30. The minimum atomic E-state index is -0.749. The van der Waals surface area contributed by atoms with E-state index in [1.54, 1.807) is 11.3 Å². The van der Waals surface area contributed by atoms with Crippen LogP contribution in [0.5, 0.6) is 0 Å².